The molecule has 0 aliphatic carbocycles. The number of hydrogen-bond donors (Lipinski definition) is 1. The number of carbonyl (C=O) groups is 1. The van der Waals surface area contributed by atoms with Gasteiger partial charge in [-0.25, -0.2) is 4.98 Å². The topological polar surface area (TPSA) is 46.4 Å². The van der Waals surface area contributed by atoms with E-state index in [1.807, 2.05) is 34.3 Å². The van der Waals surface area contributed by atoms with Crippen LogP contribution in [0.3, 0.4) is 0 Å². The highest BCUT2D eigenvalue weighted by atomic mass is 32.1. The van der Waals surface area contributed by atoms with E-state index in [1.54, 1.807) is 11.3 Å². The molecule has 4 aromatic rings. The summed E-state index contributed by atoms with van der Waals surface area (Å²) in [5, 5.41) is 4.97. The number of aromatic nitrogens is 2. The Hall–Kier alpha value is -2.92. The van der Waals surface area contributed by atoms with Gasteiger partial charge >= 0.3 is 0 Å². The van der Waals surface area contributed by atoms with Gasteiger partial charge in [-0.2, -0.15) is 0 Å². The predicted molar refractivity (Wildman–Crippen MR) is 105 cm³/mol. The van der Waals surface area contributed by atoms with E-state index in [1.165, 1.54) is 11.1 Å². The zero-order valence-electron chi connectivity index (χ0n) is 14.5. The fourth-order valence-electron chi connectivity index (χ4n) is 2.97. The summed E-state index contributed by atoms with van der Waals surface area (Å²) in [6.07, 6.45) is 4.15. The average Bonchev–Trinajstić information content (AvgIpc) is 3.22. The largest absolute Gasteiger partial charge is 0.352 e. The number of thiazole rings is 1. The van der Waals surface area contributed by atoms with Crippen molar-refractivity contribution < 1.29 is 4.79 Å². The van der Waals surface area contributed by atoms with Crippen LogP contribution in [0.2, 0.25) is 0 Å². The van der Waals surface area contributed by atoms with Crippen molar-refractivity contribution in [3.05, 3.63) is 83.1 Å². The third-order valence-electron chi connectivity index (χ3n) is 4.25. The van der Waals surface area contributed by atoms with E-state index in [2.05, 4.69) is 53.6 Å². The molecule has 5 heteroatoms. The fraction of sp³-hybridized carbons (Fsp3) is 0.143. The van der Waals surface area contributed by atoms with Crippen LogP contribution in [0, 0.1) is 6.92 Å². The molecule has 1 N–H and O–H groups in total. The Morgan fingerprint density at radius 3 is 2.77 bits per heavy atom. The number of fused-ring (bicyclic) bond motifs is 1. The lowest BCUT2D eigenvalue weighted by molar-refractivity contribution is -0.120. The molecule has 0 bridgehead atoms. The van der Waals surface area contributed by atoms with Crippen LogP contribution in [-0.2, 0) is 17.8 Å². The first kappa shape index (κ1) is 16.5. The molecule has 0 saturated carbocycles. The minimum absolute atomic E-state index is 0.0169. The smallest absolute Gasteiger partial charge is 0.226 e. The van der Waals surface area contributed by atoms with Gasteiger partial charge in [0.25, 0.3) is 0 Å². The number of imidazole rings is 1. The quantitative estimate of drug-likeness (QED) is 0.578. The minimum Gasteiger partial charge on any atom is -0.352 e. The first-order chi connectivity index (χ1) is 12.7. The Morgan fingerprint density at radius 1 is 1.15 bits per heavy atom. The average molecular weight is 361 g/mol. The van der Waals surface area contributed by atoms with Crippen molar-refractivity contribution in [1.29, 1.82) is 0 Å². The van der Waals surface area contributed by atoms with Crippen molar-refractivity contribution in [3.8, 4) is 11.1 Å². The van der Waals surface area contributed by atoms with Gasteiger partial charge in [0, 0.05) is 24.3 Å². The number of rotatable bonds is 5. The number of benzene rings is 2. The van der Waals surface area contributed by atoms with Gasteiger partial charge in [0.1, 0.15) is 0 Å². The summed E-state index contributed by atoms with van der Waals surface area (Å²) >= 11 is 1.57. The first-order valence-corrected chi connectivity index (χ1v) is 9.39. The maximum absolute atomic E-state index is 12.2. The van der Waals surface area contributed by atoms with Crippen molar-refractivity contribution in [1.82, 2.24) is 14.7 Å². The molecule has 2 aromatic heterocycles. The fourth-order valence-corrected chi connectivity index (χ4v) is 3.69. The molecule has 2 heterocycles. The van der Waals surface area contributed by atoms with Crippen LogP contribution in [-0.4, -0.2) is 15.3 Å². The van der Waals surface area contributed by atoms with Crippen molar-refractivity contribution in [2.75, 3.05) is 0 Å². The van der Waals surface area contributed by atoms with Gasteiger partial charge < -0.3 is 5.32 Å². The van der Waals surface area contributed by atoms with Crippen LogP contribution >= 0.6 is 11.3 Å². The second-order valence-corrected chi connectivity index (χ2v) is 7.22. The predicted octanol–water partition coefficient (Wildman–Crippen LogP) is 4.23. The maximum atomic E-state index is 12.2. The number of hydrogen-bond acceptors (Lipinski definition) is 3. The Morgan fingerprint density at radius 2 is 1.96 bits per heavy atom. The summed E-state index contributed by atoms with van der Waals surface area (Å²) in [5.41, 5.74) is 5.47. The summed E-state index contributed by atoms with van der Waals surface area (Å²) in [4.78, 5) is 17.6. The van der Waals surface area contributed by atoms with Crippen LogP contribution in [0.4, 0.5) is 0 Å². The lowest BCUT2D eigenvalue weighted by Crippen LogP contribution is -2.24. The molecule has 0 saturated heterocycles. The van der Waals surface area contributed by atoms with E-state index < -0.39 is 0 Å². The molecular weight excluding hydrogens is 342 g/mol. The highest BCUT2D eigenvalue weighted by Crippen LogP contribution is 2.21. The van der Waals surface area contributed by atoms with Crippen molar-refractivity contribution >= 4 is 22.2 Å². The van der Waals surface area contributed by atoms with Crippen LogP contribution < -0.4 is 5.32 Å². The van der Waals surface area contributed by atoms with Crippen LogP contribution in [0.25, 0.3) is 16.1 Å². The minimum atomic E-state index is -0.0169. The van der Waals surface area contributed by atoms with Crippen LogP contribution in [0.5, 0.6) is 0 Å². The van der Waals surface area contributed by atoms with Gasteiger partial charge in [-0.05, 0) is 29.7 Å². The molecule has 26 heavy (non-hydrogen) atoms. The lowest BCUT2D eigenvalue weighted by Gasteiger charge is -2.08. The number of aryl methyl sites for hydroxylation is 1. The van der Waals surface area contributed by atoms with Gasteiger partial charge in [-0.15, -0.1) is 11.3 Å². The molecular formula is C21H19N3OS. The standard InChI is InChI=1S/C21H19N3OS/c1-15-4-2-6-17(10-15)18-7-3-5-16(11-18)13-22-20(25)12-19-14-24-8-9-26-21(24)23-19/h2-11,14H,12-13H2,1H3,(H,22,25). The van der Waals surface area contributed by atoms with Gasteiger partial charge in [-0.3, -0.25) is 9.20 Å². The molecule has 130 valence electrons. The second-order valence-electron chi connectivity index (χ2n) is 6.35. The summed E-state index contributed by atoms with van der Waals surface area (Å²) < 4.78 is 1.94. The molecule has 0 atom stereocenters. The molecule has 4 rings (SSSR count). The molecule has 2 aromatic carbocycles. The Labute approximate surface area is 156 Å². The van der Waals surface area contributed by atoms with E-state index in [9.17, 15) is 4.79 Å². The van der Waals surface area contributed by atoms with Crippen molar-refractivity contribution in [2.45, 2.75) is 19.9 Å². The zero-order chi connectivity index (χ0) is 17.9. The van der Waals surface area contributed by atoms with Gasteiger partial charge in [0.2, 0.25) is 5.91 Å². The Bertz CT molecular complexity index is 1040. The maximum Gasteiger partial charge on any atom is 0.226 e. The molecule has 0 unspecified atom stereocenters. The van der Waals surface area contributed by atoms with Crippen LogP contribution in [0.1, 0.15) is 16.8 Å². The number of carbonyl (C=O) groups excluding carboxylic acids is 1. The number of amides is 1. The number of nitrogens with one attached hydrogen (secondary N) is 1. The molecule has 1 amide bonds. The molecule has 0 aliphatic rings. The summed E-state index contributed by atoms with van der Waals surface area (Å²) in [6, 6.07) is 16.7. The summed E-state index contributed by atoms with van der Waals surface area (Å²) in [6.45, 7) is 2.61. The molecule has 4 nitrogen and oxygen atoms in total. The first-order valence-electron chi connectivity index (χ1n) is 8.51. The van der Waals surface area contributed by atoms with E-state index in [4.69, 9.17) is 0 Å². The van der Waals surface area contributed by atoms with Crippen LogP contribution in [0.15, 0.2) is 66.3 Å². The zero-order valence-corrected chi connectivity index (χ0v) is 15.3. The third-order valence-corrected chi connectivity index (χ3v) is 5.02. The summed E-state index contributed by atoms with van der Waals surface area (Å²) in [5.74, 6) is -0.0169. The van der Waals surface area contributed by atoms with E-state index in [0.717, 1.165) is 21.8 Å². The molecule has 0 aliphatic heterocycles. The van der Waals surface area contributed by atoms with E-state index >= 15 is 0 Å². The second kappa shape index (κ2) is 7.14. The van der Waals surface area contributed by atoms with Gasteiger partial charge in [-0.1, -0.05) is 48.0 Å². The molecule has 0 spiro atoms. The monoisotopic (exact) mass is 361 g/mol. The van der Waals surface area contributed by atoms with Crippen molar-refractivity contribution in [3.63, 3.8) is 0 Å². The lowest BCUT2D eigenvalue weighted by atomic mass is 10.0. The number of nitrogens with zero attached hydrogens (tertiary/aromatic N) is 2. The highest BCUT2D eigenvalue weighted by molar-refractivity contribution is 7.15. The Kier molecular flexibility index (Phi) is 4.54. The van der Waals surface area contributed by atoms with E-state index in [0.29, 0.717) is 13.0 Å². The Balaban J connectivity index is 1.40. The molecule has 0 fully saturated rings. The van der Waals surface area contributed by atoms with Gasteiger partial charge in [0.15, 0.2) is 4.96 Å². The SMILES string of the molecule is Cc1cccc(-c2cccc(CNC(=O)Cc3cn4ccsc4n3)c2)c1. The third kappa shape index (κ3) is 3.68. The molecule has 0 radical (unpaired) electrons. The normalized spacial score (nSPS) is 11.0. The highest BCUT2D eigenvalue weighted by Gasteiger charge is 2.08. The van der Waals surface area contributed by atoms with E-state index in [-0.39, 0.29) is 5.91 Å². The summed E-state index contributed by atoms with van der Waals surface area (Å²) in [7, 11) is 0. The van der Waals surface area contributed by atoms with Crippen molar-refractivity contribution in [2.24, 2.45) is 0 Å². The van der Waals surface area contributed by atoms with Gasteiger partial charge in [0.05, 0.1) is 12.1 Å².